The highest BCUT2D eigenvalue weighted by Crippen LogP contribution is 2.25. The fraction of sp³-hybridized carbons (Fsp3) is 0.444. The van der Waals surface area contributed by atoms with Crippen molar-refractivity contribution in [2.24, 2.45) is 0 Å². The molecule has 0 saturated carbocycles. The van der Waals surface area contributed by atoms with E-state index in [2.05, 4.69) is 46.5 Å². The van der Waals surface area contributed by atoms with Crippen LogP contribution in [0.5, 0.6) is 11.5 Å². The normalized spacial score (nSPS) is 18.9. The lowest BCUT2D eigenvalue weighted by molar-refractivity contribution is -0.0621. The van der Waals surface area contributed by atoms with Gasteiger partial charge in [0, 0.05) is 25.5 Å². The molecule has 3 aromatic rings. The number of piperidine rings is 1. The second kappa shape index (κ2) is 10.4. The molecule has 0 aliphatic carbocycles. The van der Waals surface area contributed by atoms with E-state index in [0.717, 1.165) is 49.8 Å². The third-order valence-electron chi connectivity index (χ3n) is 6.47. The van der Waals surface area contributed by atoms with Crippen LogP contribution in [-0.2, 0) is 13.1 Å². The molecule has 1 N–H and O–H groups in total. The number of aryl methyl sites for hydroxylation is 3. The minimum atomic E-state index is -0.828. The average Bonchev–Trinajstić information content (AvgIpc) is 3.21. The number of β-amino-alcohol motifs (C(OH)–C–C–N with tert-alkyl or cyclic N) is 1. The van der Waals surface area contributed by atoms with E-state index in [4.69, 9.17) is 9.47 Å². The summed E-state index contributed by atoms with van der Waals surface area (Å²) in [5.74, 6) is 2.69. The molecule has 33 heavy (non-hydrogen) atoms. The molecule has 2 heterocycles. The molecule has 1 unspecified atom stereocenters. The summed E-state index contributed by atoms with van der Waals surface area (Å²) >= 11 is 0. The van der Waals surface area contributed by atoms with Gasteiger partial charge in [0.15, 0.2) is 0 Å². The summed E-state index contributed by atoms with van der Waals surface area (Å²) in [6, 6.07) is 14.3. The highest BCUT2D eigenvalue weighted by atomic mass is 16.5. The number of likely N-dealkylation sites (tertiary alicyclic amines) is 1. The van der Waals surface area contributed by atoms with Gasteiger partial charge in [-0.15, -0.1) is 0 Å². The van der Waals surface area contributed by atoms with E-state index in [1.54, 1.807) is 6.20 Å². The van der Waals surface area contributed by atoms with Gasteiger partial charge in [-0.25, -0.2) is 4.98 Å². The van der Waals surface area contributed by atoms with Crippen molar-refractivity contribution in [2.45, 2.75) is 52.3 Å². The topological polar surface area (TPSA) is 59.8 Å². The van der Waals surface area contributed by atoms with Crippen LogP contribution in [0.1, 0.15) is 35.4 Å². The van der Waals surface area contributed by atoms with Crippen molar-refractivity contribution in [3.05, 3.63) is 77.4 Å². The van der Waals surface area contributed by atoms with Crippen LogP contribution in [0.3, 0.4) is 0 Å². The summed E-state index contributed by atoms with van der Waals surface area (Å²) in [5.41, 5.74) is 2.83. The van der Waals surface area contributed by atoms with Gasteiger partial charge in [-0.1, -0.05) is 18.2 Å². The van der Waals surface area contributed by atoms with Crippen molar-refractivity contribution >= 4 is 0 Å². The quantitative estimate of drug-likeness (QED) is 0.528. The maximum Gasteiger partial charge on any atom is 0.119 e. The van der Waals surface area contributed by atoms with E-state index < -0.39 is 5.60 Å². The van der Waals surface area contributed by atoms with Gasteiger partial charge in [0.1, 0.15) is 36.1 Å². The Labute approximate surface area is 196 Å². The molecule has 0 amide bonds. The van der Waals surface area contributed by atoms with Crippen LogP contribution < -0.4 is 9.47 Å². The molecule has 0 radical (unpaired) electrons. The van der Waals surface area contributed by atoms with Gasteiger partial charge in [-0.3, -0.25) is 4.90 Å². The molecule has 6 nitrogen and oxygen atoms in total. The van der Waals surface area contributed by atoms with E-state index in [9.17, 15) is 5.11 Å². The van der Waals surface area contributed by atoms with E-state index in [0.29, 0.717) is 19.8 Å². The summed E-state index contributed by atoms with van der Waals surface area (Å²) < 4.78 is 13.9. The van der Waals surface area contributed by atoms with Gasteiger partial charge in [-0.2, -0.15) is 0 Å². The lowest BCUT2D eigenvalue weighted by Gasteiger charge is -2.39. The number of aromatic nitrogens is 2. The minimum Gasteiger partial charge on any atom is -0.492 e. The zero-order valence-electron chi connectivity index (χ0n) is 20.0. The average molecular weight is 450 g/mol. The zero-order valence-corrected chi connectivity index (χ0v) is 20.0. The Kier molecular flexibility index (Phi) is 7.36. The highest BCUT2D eigenvalue weighted by Gasteiger charge is 2.34. The molecule has 1 aromatic heterocycles. The Balaban J connectivity index is 1.25. The molecule has 1 atom stereocenters. The van der Waals surface area contributed by atoms with Crippen molar-refractivity contribution in [2.75, 3.05) is 26.3 Å². The van der Waals surface area contributed by atoms with Gasteiger partial charge >= 0.3 is 0 Å². The number of rotatable bonds is 9. The number of nitrogens with zero attached hydrogens (tertiary/aromatic N) is 3. The predicted molar refractivity (Wildman–Crippen MR) is 130 cm³/mol. The Morgan fingerprint density at radius 1 is 1.00 bits per heavy atom. The first-order chi connectivity index (χ1) is 15.9. The minimum absolute atomic E-state index is 0.315. The van der Waals surface area contributed by atoms with Crippen molar-refractivity contribution in [3.8, 4) is 11.5 Å². The Bertz CT molecular complexity index is 1050. The zero-order chi connectivity index (χ0) is 23.3. The largest absolute Gasteiger partial charge is 0.492 e. The summed E-state index contributed by atoms with van der Waals surface area (Å²) in [6.45, 7) is 10.3. The predicted octanol–water partition coefficient (Wildman–Crippen LogP) is 4.29. The van der Waals surface area contributed by atoms with Crippen molar-refractivity contribution < 1.29 is 14.6 Å². The van der Waals surface area contributed by atoms with Gasteiger partial charge in [-0.05, 0) is 81.1 Å². The molecular formula is C27H35N3O3. The third kappa shape index (κ3) is 6.36. The fourth-order valence-electron chi connectivity index (χ4n) is 4.33. The first-order valence-electron chi connectivity index (χ1n) is 11.7. The maximum atomic E-state index is 11.2. The number of imidazole rings is 1. The van der Waals surface area contributed by atoms with Gasteiger partial charge < -0.3 is 19.1 Å². The van der Waals surface area contributed by atoms with Crippen LogP contribution in [0.2, 0.25) is 0 Å². The number of benzene rings is 2. The van der Waals surface area contributed by atoms with Crippen LogP contribution in [-0.4, -0.2) is 51.5 Å². The van der Waals surface area contributed by atoms with Crippen LogP contribution in [0.4, 0.5) is 0 Å². The van der Waals surface area contributed by atoms with Crippen LogP contribution >= 0.6 is 0 Å². The Morgan fingerprint density at radius 2 is 1.79 bits per heavy atom. The summed E-state index contributed by atoms with van der Waals surface area (Å²) in [5, 5.41) is 11.2. The summed E-state index contributed by atoms with van der Waals surface area (Å²) in [7, 11) is 0. The molecule has 4 rings (SSSR count). The molecular weight excluding hydrogens is 414 g/mol. The lowest BCUT2D eigenvalue weighted by Crippen LogP contribution is -2.51. The number of ether oxygens (including phenoxy) is 2. The van der Waals surface area contributed by atoms with Crippen LogP contribution in [0, 0.1) is 20.8 Å². The molecule has 1 aliphatic heterocycles. The number of hydrogen-bond acceptors (Lipinski definition) is 5. The Morgan fingerprint density at radius 3 is 2.52 bits per heavy atom. The third-order valence-corrected chi connectivity index (χ3v) is 6.47. The molecule has 1 fully saturated rings. The standard InChI is InChI=1S/C27H35N3O3/c1-21-5-8-26(17-22(21)2)33-20-27(31)11-4-13-29(19-27)18-24-6-9-25(10-7-24)32-16-15-30-14-12-28-23(30)3/h5-10,12,14,17,31H,4,11,13,15-16,18-20H2,1-3H3. The summed E-state index contributed by atoms with van der Waals surface area (Å²) in [6.07, 6.45) is 5.50. The second-order valence-corrected chi connectivity index (χ2v) is 9.23. The molecule has 2 aromatic carbocycles. The second-order valence-electron chi connectivity index (χ2n) is 9.23. The maximum absolute atomic E-state index is 11.2. The highest BCUT2D eigenvalue weighted by molar-refractivity contribution is 5.34. The molecule has 0 spiro atoms. The van der Waals surface area contributed by atoms with Crippen LogP contribution in [0.25, 0.3) is 0 Å². The first kappa shape index (κ1) is 23.3. The molecule has 0 bridgehead atoms. The van der Waals surface area contributed by atoms with Gasteiger partial charge in [0.25, 0.3) is 0 Å². The Hall–Kier alpha value is -2.83. The number of aliphatic hydroxyl groups is 1. The van der Waals surface area contributed by atoms with E-state index in [1.165, 1.54) is 16.7 Å². The molecule has 6 heteroatoms. The molecule has 176 valence electrons. The van der Waals surface area contributed by atoms with E-state index in [1.807, 2.05) is 37.4 Å². The molecule has 1 saturated heterocycles. The van der Waals surface area contributed by atoms with Crippen molar-refractivity contribution in [3.63, 3.8) is 0 Å². The van der Waals surface area contributed by atoms with Gasteiger partial charge in [0.2, 0.25) is 0 Å². The van der Waals surface area contributed by atoms with Crippen molar-refractivity contribution in [1.82, 2.24) is 14.5 Å². The van der Waals surface area contributed by atoms with Crippen LogP contribution in [0.15, 0.2) is 54.9 Å². The van der Waals surface area contributed by atoms with Crippen molar-refractivity contribution in [1.29, 1.82) is 0 Å². The summed E-state index contributed by atoms with van der Waals surface area (Å²) in [4.78, 5) is 6.54. The SMILES string of the molecule is Cc1ccc(OCC2(O)CCCN(Cc3ccc(OCCn4ccnc4C)cc3)C2)cc1C. The fourth-order valence-corrected chi connectivity index (χ4v) is 4.33. The van der Waals surface area contributed by atoms with E-state index >= 15 is 0 Å². The lowest BCUT2D eigenvalue weighted by atomic mass is 9.93. The molecule has 1 aliphatic rings. The monoisotopic (exact) mass is 449 g/mol. The number of hydrogen-bond donors (Lipinski definition) is 1. The van der Waals surface area contributed by atoms with Gasteiger partial charge in [0.05, 0.1) is 6.54 Å². The van der Waals surface area contributed by atoms with E-state index in [-0.39, 0.29) is 0 Å². The smallest absolute Gasteiger partial charge is 0.119 e. The first-order valence-corrected chi connectivity index (χ1v) is 11.7.